The smallest absolute Gasteiger partial charge is 0.330 e. The third kappa shape index (κ3) is 3.09. The van der Waals surface area contributed by atoms with Gasteiger partial charge in [0.1, 0.15) is 12.4 Å². The summed E-state index contributed by atoms with van der Waals surface area (Å²) < 4.78 is 4.78. The van der Waals surface area contributed by atoms with E-state index in [1.807, 2.05) is 0 Å². The van der Waals surface area contributed by atoms with Gasteiger partial charge in [-0.05, 0) is 17.7 Å². The van der Waals surface area contributed by atoms with Crippen molar-refractivity contribution in [1.82, 2.24) is 0 Å². The topological polar surface area (TPSA) is 46.5 Å². The molecule has 0 spiro atoms. The third-order valence-corrected chi connectivity index (χ3v) is 1.48. The molecule has 0 atom stereocenters. The number of carbonyl (C=O) groups excluding carboxylic acids is 1. The second-order valence-electron chi connectivity index (χ2n) is 2.48. The van der Waals surface area contributed by atoms with Crippen LogP contribution in [0.1, 0.15) is 5.56 Å². The number of rotatable bonds is 3. The fourth-order valence-electron chi connectivity index (χ4n) is 0.806. The molecule has 0 aliphatic rings. The van der Waals surface area contributed by atoms with E-state index in [0.717, 1.165) is 11.6 Å². The van der Waals surface area contributed by atoms with Gasteiger partial charge in [-0.25, -0.2) is 4.79 Å². The number of hydrogen-bond donors (Lipinski definition) is 1. The normalized spacial score (nSPS) is 8.57. The van der Waals surface area contributed by atoms with Crippen LogP contribution < -0.4 is 0 Å². The van der Waals surface area contributed by atoms with Crippen LogP contribution in [0.4, 0.5) is 0 Å². The number of carbonyl (C=O) groups is 1. The van der Waals surface area contributed by atoms with E-state index in [1.54, 1.807) is 12.1 Å². The number of ether oxygens (including phenoxy) is 1. The van der Waals surface area contributed by atoms with E-state index in [9.17, 15) is 4.79 Å². The van der Waals surface area contributed by atoms with Crippen molar-refractivity contribution in [2.24, 2.45) is 0 Å². The third-order valence-electron chi connectivity index (χ3n) is 1.48. The van der Waals surface area contributed by atoms with Crippen LogP contribution in [0, 0.1) is 0 Å². The number of phenolic OH excluding ortho intramolecular Hbond substituents is 1. The number of esters is 1. The van der Waals surface area contributed by atoms with Crippen molar-refractivity contribution < 1.29 is 14.6 Å². The largest absolute Gasteiger partial charge is 0.508 e. The molecule has 0 amide bonds. The first-order valence-electron chi connectivity index (χ1n) is 3.79. The molecule has 1 aromatic rings. The molecule has 0 heterocycles. The quantitative estimate of drug-likeness (QED) is 0.569. The molecular weight excluding hydrogens is 435 g/mol. The Morgan fingerprint density at radius 2 is 2.00 bits per heavy atom. The average molecular weight is 445 g/mol. The summed E-state index contributed by atoms with van der Waals surface area (Å²) in [6.45, 7) is 3.47. The SMILES string of the molecule is C=CC(=O)OCc1ccc(O)cc1.[Rf]. The van der Waals surface area contributed by atoms with Gasteiger partial charge in [0.2, 0.25) is 0 Å². The van der Waals surface area contributed by atoms with Gasteiger partial charge in [-0.2, -0.15) is 0 Å². The average Bonchev–Trinajstić information content (AvgIpc) is 2.16. The van der Waals surface area contributed by atoms with Crippen LogP contribution in [-0.4, -0.2) is 11.1 Å². The van der Waals surface area contributed by atoms with Crippen molar-refractivity contribution in [3.63, 3.8) is 0 Å². The molecule has 0 saturated heterocycles. The van der Waals surface area contributed by atoms with Crippen molar-refractivity contribution >= 4 is 5.97 Å². The summed E-state index contributed by atoms with van der Waals surface area (Å²) in [6.07, 6.45) is 1.11. The molecular formula is C10H10O3Rf. The Kier molecular flexibility index (Phi) is 3.99. The molecule has 70 valence electrons. The Morgan fingerprint density at radius 3 is 2.50 bits per heavy atom. The van der Waals surface area contributed by atoms with Crippen molar-refractivity contribution in [2.45, 2.75) is 6.61 Å². The van der Waals surface area contributed by atoms with Crippen molar-refractivity contribution in [3.05, 3.63) is 42.5 Å². The van der Waals surface area contributed by atoms with Gasteiger partial charge >= 0.3 is 5.97 Å². The van der Waals surface area contributed by atoms with Crippen molar-refractivity contribution in [3.8, 4) is 5.75 Å². The Morgan fingerprint density at radius 1 is 1.43 bits per heavy atom. The second-order valence-corrected chi connectivity index (χ2v) is 2.48. The molecule has 0 radical (unpaired) electrons. The number of hydrogen-bond acceptors (Lipinski definition) is 3. The molecule has 0 aliphatic heterocycles. The monoisotopic (exact) mass is 445 g/mol. The minimum atomic E-state index is -0.451. The van der Waals surface area contributed by atoms with Crippen LogP contribution in [0.2, 0.25) is 0 Å². The first-order chi connectivity index (χ1) is 6.22. The van der Waals surface area contributed by atoms with Crippen LogP contribution in [0.25, 0.3) is 0 Å². The van der Waals surface area contributed by atoms with E-state index in [4.69, 9.17) is 9.84 Å². The van der Waals surface area contributed by atoms with E-state index in [2.05, 4.69) is 6.58 Å². The van der Waals surface area contributed by atoms with E-state index < -0.39 is 5.97 Å². The van der Waals surface area contributed by atoms with E-state index >= 15 is 0 Å². The standard InChI is InChI=1S/C10H10O3.Rf/c1-2-10(12)13-7-8-3-5-9(11)6-4-8;/h2-6,11H,1,7H2;. The van der Waals surface area contributed by atoms with Crippen LogP contribution in [-0.2, 0) is 16.1 Å². The van der Waals surface area contributed by atoms with Gasteiger partial charge < -0.3 is 9.84 Å². The molecule has 0 aromatic heterocycles. The van der Waals surface area contributed by atoms with Gasteiger partial charge in [0.25, 0.3) is 0 Å². The zero-order valence-corrected chi connectivity index (χ0v) is 14.2. The number of benzene rings is 1. The van der Waals surface area contributed by atoms with Gasteiger partial charge in [0, 0.05) is 6.08 Å². The number of aromatic hydroxyl groups is 1. The summed E-state index contributed by atoms with van der Waals surface area (Å²) in [5.74, 6) is -0.258. The Labute approximate surface area is 76.3 Å². The van der Waals surface area contributed by atoms with Gasteiger partial charge in [0.05, 0.1) is 0 Å². The molecule has 0 aliphatic carbocycles. The predicted molar refractivity (Wildman–Crippen MR) is 48.1 cm³/mol. The van der Waals surface area contributed by atoms with Crippen molar-refractivity contribution in [1.29, 1.82) is 0 Å². The Balaban J connectivity index is 0.00000169. The first kappa shape index (κ1) is 11.2. The number of phenols is 1. The van der Waals surface area contributed by atoms with Crippen LogP contribution in [0.5, 0.6) is 5.75 Å². The Bertz CT molecular complexity index is 306. The molecule has 3 nitrogen and oxygen atoms in total. The van der Waals surface area contributed by atoms with Gasteiger partial charge in [0.15, 0.2) is 0 Å². The minimum Gasteiger partial charge on any atom is -0.508 e. The van der Waals surface area contributed by atoms with Gasteiger partial charge in [-0.15, -0.1) is 0 Å². The molecule has 0 unspecified atom stereocenters. The molecule has 1 aromatic carbocycles. The summed E-state index contributed by atoms with van der Waals surface area (Å²) >= 11 is 0. The molecule has 1 N–H and O–H groups in total. The maximum absolute atomic E-state index is 10.7. The van der Waals surface area contributed by atoms with Crippen molar-refractivity contribution in [2.75, 3.05) is 0 Å². The molecule has 4 heteroatoms. The molecule has 14 heavy (non-hydrogen) atoms. The van der Waals surface area contributed by atoms with Crippen LogP contribution >= 0.6 is 0 Å². The van der Waals surface area contributed by atoms with Crippen LogP contribution in [0.15, 0.2) is 36.9 Å². The molecule has 0 fully saturated rings. The predicted octanol–water partition coefficient (Wildman–Crippen LogP) is 1.62. The summed E-state index contributed by atoms with van der Waals surface area (Å²) in [7, 11) is 0. The van der Waals surface area contributed by atoms with E-state index in [-0.39, 0.29) is 12.4 Å². The summed E-state index contributed by atoms with van der Waals surface area (Å²) in [5, 5.41) is 8.96. The summed E-state index contributed by atoms with van der Waals surface area (Å²) in [5.41, 5.74) is 0.827. The van der Waals surface area contributed by atoms with E-state index in [1.165, 1.54) is 12.1 Å². The maximum Gasteiger partial charge on any atom is 0.330 e. The maximum atomic E-state index is 10.7. The molecule has 0 saturated carbocycles. The van der Waals surface area contributed by atoms with Gasteiger partial charge in [-0.1, -0.05) is 18.7 Å². The summed E-state index contributed by atoms with van der Waals surface area (Å²) in [4.78, 5) is 10.7. The van der Waals surface area contributed by atoms with E-state index in [0.29, 0.717) is 0 Å². The molecule has 1 rings (SSSR count). The second kappa shape index (κ2) is 4.98. The van der Waals surface area contributed by atoms with Crippen LogP contribution in [0.3, 0.4) is 0 Å². The Hall–Kier alpha value is -2.77. The minimum absolute atomic E-state index is 0. The van der Waals surface area contributed by atoms with Gasteiger partial charge in [-0.3, -0.25) is 0 Å². The first-order valence-corrected chi connectivity index (χ1v) is 3.79. The zero-order chi connectivity index (χ0) is 9.68. The summed E-state index contributed by atoms with van der Waals surface area (Å²) in [6, 6.07) is 6.45. The fourth-order valence-corrected chi connectivity index (χ4v) is 0.806. The zero-order valence-electron chi connectivity index (χ0n) is 7.77. The molecule has 0 bridgehead atoms. The fraction of sp³-hybridized carbons (Fsp3) is 0.100.